The summed E-state index contributed by atoms with van der Waals surface area (Å²) in [5.74, 6) is -0.647. The van der Waals surface area contributed by atoms with E-state index >= 15 is 0 Å². The van der Waals surface area contributed by atoms with E-state index in [2.05, 4.69) is 0 Å². The molecule has 0 aromatic heterocycles. The lowest BCUT2D eigenvalue weighted by Crippen LogP contribution is -2.44. The van der Waals surface area contributed by atoms with Crippen LogP contribution in [0.25, 0.3) is 0 Å². The molecule has 1 aliphatic rings. The summed E-state index contributed by atoms with van der Waals surface area (Å²) < 4.78 is 26.9. The van der Waals surface area contributed by atoms with Crippen molar-refractivity contribution in [3.05, 3.63) is 23.8 Å². The van der Waals surface area contributed by atoms with Crippen molar-refractivity contribution >= 4 is 21.6 Å². The van der Waals surface area contributed by atoms with Gasteiger partial charge in [-0.1, -0.05) is 12.8 Å². The Morgan fingerprint density at radius 1 is 1.29 bits per heavy atom. The largest absolute Gasteiger partial charge is 0.399 e. The smallest absolute Gasteiger partial charge is 0.243 e. The summed E-state index contributed by atoms with van der Waals surface area (Å²) in [7, 11) is -3.77. The zero-order valence-corrected chi connectivity index (χ0v) is 12.9. The van der Waals surface area contributed by atoms with Gasteiger partial charge in [0, 0.05) is 11.7 Å². The molecule has 0 aliphatic heterocycles. The molecule has 0 radical (unpaired) electrons. The van der Waals surface area contributed by atoms with Crippen LogP contribution in [0.1, 0.15) is 31.2 Å². The number of aryl methyl sites for hydroxylation is 1. The number of anilines is 1. The predicted octanol–water partition coefficient (Wildman–Crippen LogP) is 0.996. The normalized spacial score (nSPS) is 16.5. The highest BCUT2D eigenvalue weighted by Gasteiger charge is 2.34. The van der Waals surface area contributed by atoms with Crippen LogP contribution in [0.4, 0.5) is 5.69 Å². The zero-order chi connectivity index (χ0) is 15.6. The molecule has 6 nitrogen and oxygen atoms in total. The van der Waals surface area contributed by atoms with Crippen LogP contribution in [-0.4, -0.2) is 31.2 Å². The molecule has 1 fully saturated rings. The first-order valence-electron chi connectivity index (χ1n) is 6.98. The molecule has 1 amide bonds. The van der Waals surface area contributed by atoms with E-state index in [9.17, 15) is 13.2 Å². The monoisotopic (exact) mass is 311 g/mol. The van der Waals surface area contributed by atoms with Crippen LogP contribution in [0.5, 0.6) is 0 Å². The van der Waals surface area contributed by atoms with E-state index in [0.717, 1.165) is 31.2 Å². The molecule has 0 bridgehead atoms. The molecule has 4 N–H and O–H groups in total. The van der Waals surface area contributed by atoms with Gasteiger partial charge in [-0.2, -0.15) is 4.31 Å². The third kappa shape index (κ3) is 3.54. The van der Waals surface area contributed by atoms with Crippen molar-refractivity contribution < 1.29 is 13.2 Å². The Bertz CT molecular complexity index is 617. The zero-order valence-electron chi connectivity index (χ0n) is 12.1. The molecule has 2 rings (SSSR count). The van der Waals surface area contributed by atoms with Crippen molar-refractivity contribution in [2.45, 2.75) is 43.5 Å². The number of hydrogen-bond donors (Lipinski definition) is 2. The number of nitrogens with two attached hydrogens (primary N) is 2. The van der Waals surface area contributed by atoms with Crippen LogP contribution in [0, 0.1) is 6.92 Å². The van der Waals surface area contributed by atoms with Crippen molar-refractivity contribution in [1.82, 2.24) is 4.31 Å². The minimum atomic E-state index is -3.77. The Morgan fingerprint density at radius 3 is 2.43 bits per heavy atom. The number of nitrogens with zero attached hydrogens (tertiary/aromatic N) is 1. The van der Waals surface area contributed by atoms with Crippen LogP contribution < -0.4 is 11.5 Å². The maximum Gasteiger partial charge on any atom is 0.243 e. The molecule has 1 aromatic carbocycles. The maximum absolute atomic E-state index is 12.8. The Morgan fingerprint density at radius 2 is 1.90 bits per heavy atom. The summed E-state index contributed by atoms with van der Waals surface area (Å²) in [6.07, 6.45) is 3.44. The molecule has 0 unspecified atom stereocenters. The van der Waals surface area contributed by atoms with Crippen molar-refractivity contribution in [3.63, 3.8) is 0 Å². The number of hydrogen-bond acceptors (Lipinski definition) is 4. The number of primary amides is 1. The molecule has 0 spiro atoms. The first-order valence-corrected chi connectivity index (χ1v) is 8.42. The number of carbonyl (C=O) groups is 1. The van der Waals surface area contributed by atoms with Gasteiger partial charge in [-0.05, 0) is 43.5 Å². The van der Waals surface area contributed by atoms with E-state index < -0.39 is 15.9 Å². The van der Waals surface area contributed by atoms with Crippen molar-refractivity contribution in [2.75, 3.05) is 12.3 Å². The van der Waals surface area contributed by atoms with Gasteiger partial charge in [0.1, 0.15) is 0 Å². The quantitative estimate of drug-likeness (QED) is 0.791. The van der Waals surface area contributed by atoms with Gasteiger partial charge in [-0.15, -0.1) is 0 Å². The third-order valence-electron chi connectivity index (χ3n) is 3.72. The number of amides is 1. The first-order chi connectivity index (χ1) is 9.80. The Labute approximate surface area is 125 Å². The third-order valence-corrected chi connectivity index (χ3v) is 5.60. The lowest BCUT2D eigenvalue weighted by molar-refractivity contribution is -0.118. The second-order valence-corrected chi connectivity index (χ2v) is 7.42. The van der Waals surface area contributed by atoms with Gasteiger partial charge in [0.25, 0.3) is 0 Å². The summed E-state index contributed by atoms with van der Waals surface area (Å²) in [5.41, 5.74) is 12.1. The molecule has 0 atom stereocenters. The molecule has 7 heteroatoms. The number of nitrogen functional groups attached to an aromatic ring is 1. The van der Waals surface area contributed by atoms with Crippen molar-refractivity contribution in [2.24, 2.45) is 5.73 Å². The van der Waals surface area contributed by atoms with E-state index in [1.165, 1.54) is 10.4 Å². The van der Waals surface area contributed by atoms with Crippen LogP contribution in [0.2, 0.25) is 0 Å². The molecule has 0 saturated heterocycles. The average Bonchev–Trinajstić information content (AvgIpc) is 2.87. The molecular formula is C14H21N3O3S. The van der Waals surface area contributed by atoms with Crippen LogP contribution in [0.15, 0.2) is 23.1 Å². The van der Waals surface area contributed by atoms with E-state index in [1.54, 1.807) is 19.1 Å². The van der Waals surface area contributed by atoms with Gasteiger partial charge in [-0.25, -0.2) is 8.42 Å². The highest BCUT2D eigenvalue weighted by Crippen LogP contribution is 2.29. The van der Waals surface area contributed by atoms with Crippen LogP contribution in [0.3, 0.4) is 0 Å². The molecule has 0 heterocycles. The SMILES string of the molecule is Cc1cc(N)cc(S(=O)(=O)N(CC(N)=O)C2CCCC2)c1. The minimum absolute atomic E-state index is 0.119. The summed E-state index contributed by atoms with van der Waals surface area (Å²) in [6, 6.07) is 4.52. The van der Waals surface area contributed by atoms with E-state index in [4.69, 9.17) is 11.5 Å². The Hall–Kier alpha value is -1.60. The highest BCUT2D eigenvalue weighted by atomic mass is 32.2. The van der Waals surface area contributed by atoms with Gasteiger partial charge in [0.05, 0.1) is 11.4 Å². The fraction of sp³-hybridized carbons (Fsp3) is 0.500. The number of rotatable bonds is 5. The first kappa shape index (κ1) is 15.8. The molecule has 21 heavy (non-hydrogen) atoms. The number of carbonyl (C=O) groups excluding carboxylic acids is 1. The van der Waals surface area contributed by atoms with Gasteiger partial charge >= 0.3 is 0 Å². The van der Waals surface area contributed by atoms with E-state index in [0.29, 0.717) is 5.69 Å². The van der Waals surface area contributed by atoms with Gasteiger partial charge < -0.3 is 11.5 Å². The lowest BCUT2D eigenvalue weighted by atomic mass is 10.2. The summed E-state index contributed by atoms with van der Waals surface area (Å²) in [6.45, 7) is 1.49. The van der Waals surface area contributed by atoms with Crippen molar-refractivity contribution in [3.8, 4) is 0 Å². The molecule has 1 aromatic rings. The fourth-order valence-corrected chi connectivity index (χ4v) is 4.61. The Kier molecular flexibility index (Phi) is 4.53. The number of benzene rings is 1. The van der Waals surface area contributed by atoms with Crippen LogP contribution in [-0.2, 0) is 14.8 Å². The fourth-order valence-electron chi connectivity index (χ4n) is 2.82. The van der Waals surface area contributed by atoms with E-state index in [-0.39, 0.29) is 17.5 Å². The molecule has 1 aliphatic carbocycles. The van der Waals surface area contributed by atoms with Crippen LogP contribution >= 0.6 is 0 Å². The average molecular weight is 311 g/mol. The topological polar surface area (TPSA) is 106 Å². The summed E-state index contributed by atoms with van der Waals surface area (Å²) >= 11 is 0. The van der Waals surface area contributed by atoms with Gasteiger partial charge in [-0.3, -0.25) is 4.79 Å². The maximum atomic E-state index is 12.8. The summed E-state index contributed by atoms with van der Waals surface area (Å²) in [4.78, 5) is 11.4. The standard InChI is InChI=1S/C14H21N3O3S/c1-10-6-11(15)8-13(7-10)21(19,20)17(9-14(16)18)12-4-2-3-5-12/h6-8,12H,2-5,9,15H2,1H3,(H2,16,18). The van der Waals surface area contributed by atoms with E-state index in [1.807, 2.05) is 0 Å². The second kappa shape index (κ2) is 6.03. The number of sulfonamides is 1. The molecule has 116 valence electrons. The van der Waals surface area contributed by atoms with Gasteiger partial charge in [0.2, 0.25) is 15.9 Å². The van der Waals surface area contributed by atoms with Crippen molar-refractivity contribution in [1.29, 1.82) is 0 Å². The lowest BCUT2D eigenvalue weighted by Gasteiger charge is -2.27. The molecule has 1 saturated carbocycles. The summed E-state index contributed by atoms with van der Waals surface area (Å²) in [5, 5.41) is 0. The predicted molar refractivity (Wildman–Crippen MR) is 80.9 cm³/mol. The Balaban J connectivity index is 2.42. The molecular weight excluding hydrogens is 290 g/mol. The van der Waals surface area contributed by atoms with Gasteiger partial charge in [0.15, 0.2) is 0 Å². The second-order valence-electron chi connectivity index (χ2n) is 5.53. The highest BCUT2D eigenvalue weighted by molar-refractivity contribution is 7.89. The minimum Gasteiger partial charge on any atom is -0.399 e.